The Labute approximate surface area is 256 Å². The molecule has 1 atom stereocenters. The second-order valence-electron chi connectivity index (χ2n) is 11.3. The number of benzene rings is 2. The Kier molecular flexibility index (Phi) is 9.46. The zero-order valence-electron chi connectivity index (χ0n) is 24.9. The van der Waals surface area contributed by atoms with E-state index in [0.717, 1.165) is 75.8 Å². The van der Waals surface area contributed by atoms with E-state index in [1.54, 1.807) is 12.1 Å². The second kappa shape index (κ2) is 13.3. The Morgan fingerprint density at radius 3 is 2.65 bits per heavy atom. The highest BCUT2D eigenvalue weighted by Gasteiger charge is 2.21. The van der Waals surface area contributed by atoms with E-state index in [9.17, 15) is 10.2 Å². The standard InChI is InChI=1S/C33H41ClN6O3/c1-20-5-6-23(34)15-32(20)43-19-25(42)18-36-29(10-14-41)26(7-11-35)33-37-30-16-27-21(2)40(24-8-12-39(4)13-9-24)22(3)28(27)17-31(30)38-33/h5-6,10,14-17,24-25,36,41-42H,2-3,7-9,11-13,18-19,35H2,1,4H3,(H,37,38)/b14-10-,29-26-. The van der Waals surface area contributed by atoms with E-state index in [1.807, 2.05) is 13.0 Å². The lowest BCUT2D eigenvalue weighted by molar-refractivity contribution is 0.108. The number of aromatic amines is 1. The SMILES string of the molecule is C=c1c2cc3nc(/C(CCN)=C(/C=C\O)NCC(O)COc4cc(Cl)ccc4C)[nH]c3cc2c(=C)n1C1CCN(C)CC1. The van der Waals surface area contributed by atoms with E-state index in [1.165, 1.54) is 6.08 Å². The quantitative estimate of drug-likeness (QED) is 0.131. The van der Waals surface area contributed by atoms with Gasteiger partial charge in [0.05, 0.1) is 17.3 Å². The highest BCUT2D eigenvalue weighted by atomic mass is 35.5. The number of fused-ring (bicyclic) bond motifs is 2. The van der Waals surface area contributed by atoms with Crippen LogP contribution in [0.1, 0.15) is 36.7 Å². The van der Waals surface area contributed by atoms with Crippen molar-refractivity contribution in [2.75, 3.05) is 39.8 Å². The van der Waals surface area contributed by atoms with Gasteiger partial charge < -0.3 is 40.5 Å². The van der Waals surface area contributed by atoms with Gasteiger partial charge in [0, 0.05) is 50.4 Å². The lowest BCUT2D eigenvalue weighted by Gasteiger charge is -2.30. The van der Waals surface area contributed by atoms with Gasteiger partial charge in [0.1, 0.15) is 24.3 Å². The topological polar surface area (TPSA) is 125 Å². The molecule has 0 spiro atoms. The van der Waals surface area contributed by atoms with Gasteiger partial charge in [-0.25, -0.2) is 4.98 Å². The summed E-state index contributed by atoms with van der Waals surface area (Å²) in [5.74, 6) is 1.25. The van der Waals surface area contributed by atoms with Gasteiger partial charge in [-0.05, 0) is 88.8 Å². The molecular weight excluding hydrogens is 564 g/mol. The van der Waals surface area contributed by atoms with Crippen molar-refractivity contribution in [3.63, 3.8) is 0 Å². The maximum absolute atomic E-state index is 10.7. The normalized spacial score (nSPS) is 16.3. The molecule has 4 aromatic rings. The van der Waals surface area contributed by atoms with Crippen LogP contribution in [0.3, 0.4) is 0 Å². The number of likely N-dealkylation sites (tertiary alicyclic amines) is 1. The van der Waals surface area contributed by atoms with Crippen molar-refractivity contribution >= 4 is 52.1 Å². The fourth-order valence-corrected chi connectivity index (χ4v) is 6.02. The van der Waals surface area contributed by atoms with Crippen molar-refractivity contribution in [1.29, 1.82) is 0 Å². The fraction of sp³-hybridized carbons (Fsp3) is 0.364. The number of halogens is 1. The minimum absolute atomic E-state index is 0.0645. The summed E-state index contributed by atoms with van der Waals surface area (Å²) in [6.07, 6.45) is 4.30. The molecule has 228 valence electrons. The van der Waals surface area contributed by atoms with Gasteiger partial charge in [0.25, 0.3) is 0 Å². The largest absolute Gasteiger partial charge is 0.516 e. The number of ether oxygens (including phenoxy) is 1. The van der Waals surface area contributed by atoms with Gasteiger partial charge in [0.2, 0.25) is 0 Å². The van der Waals surface area contributed by atoms with Gasteiger partial charge in [0.15, 0.2) is 0 Å². The van der Waals surface area contributed by atoms with Crippen LogP contribution in [0, 0.1) is 6.92 Å². The number of aryl methyl sites for hydroxylation is 1. The number of hydrogen-bond acceptors (Lipinski definition) is 7. The third-order valence-electron chi connectivity index (χ3n) is 8.23. The number of aliphatic hydroxyl groups excluding tert-OH is 2. The lowest BCUT2D eigenvalue weighted by Crippen LogP contribution is -2.38. The molecule has 1 fully saturated rings. The van der Waals surface area contributed by atoms with E-state index in [0.29, 0.717) is 41.3 Å². The van der Waals surface area contributed by atoms with E-state index < -0.39 is 6.10 Å². The number of aromatic nitrogens is 3. The summed E-state index contributed by atoms with van der Waals surface area (Å²) in [4.78, 5) is 10.7. The molecule has 6 N–H and O–H groups in total. The number of nitrogens with zero attached hydrogens (tertiary/aromatic N) is 3. The van der Waals surface area contributed by atoms with Gasteiger partial charge in [-0.1, -0.05) is 30.8 Å². The third kappa shape index (κ3) is 6.60. The first kappa shape index (κ1) is 30.7. The van der Waals surface area contributed by atoms with Gasteiger partial charge >= 0.3 is 0 Å². The summed E-state index contributed by atoms with van der Waals surface area (Å²) in [5, 5.41) is 28.2. The van der Waals surface area contributed by atoms with Crippen molar-refractivity contribution < 1.29 is 14.9 Å². The lowest BCUT2D eigenvalue weighted by atomic mass is 10.1. The Bertz CT molecular complexity index is 1700. The maximum Gasteiger partial charge on any atom is 0.136 e. The number of H-pyrrole nitrogens is 1. The molecule has 0 aliphatic carbocycles. The van der Waals surface area contributed by atoms with Crippen LogP contribution in [-0.2, 0) is 0 Å². The molecule has 0 radical (unpaired) electrons. The van der Waals surface area contributed by atoms with Crippen LogP contribution in [0.4, 0.5) is 0 Å². The van der Waals surface area contributed by atoms with Crippen LogP contribution in [0.15, 0.2) is 48.4 Å². The van der Waals surface area contributed by atoms with Gasteiger partial charge in [-0.15, -0.1) is 0 Å². The Morgan fingerprint density at radius 1 is 1.23 bits per heavy atom. The highest BCUT2D eigenvalue weighted by molar-refractivity contribution is 6.30. The zero-order chi connectivity index (χ0) is 30.7. The molecule has 3 heterocycles. The molecule has 1 saturated heterocycles. The molecule has 43 heavy (non-hydrogen) atoms. The number of aliphatic hydroxyl groups is 2. The monoisotopic (exact) mass is 604 g/mol. The van der Waals surface area contributed by atoms with Crippen LogP contribution < -0.4 is 26.5 Å². The van der Waals surface area contributed by atoms with E-state index in [-0.39, 0.29) is 13.2 Å². The van der Waals surface area contributed by atoms with E-state index in [4.69, 9.17) is 27.1 Å². The molecule has 10 heteroatoms. The Balaban J connectivity index is 1.41. The Hall–Kier alpha value is -3.76. The summed E-state index contributed by atoms with van der Waals surface area (Å²) in [6, 6.07) is 9.94. The predicted molar refractivity (Wildman–Crippen MR) is 176 cm³/mol. The van der Waals surface area contributed by atoms with Crippen molar-refractivity contribution in [2.45, 2.75) is 38.3 Å². The van der Waals surface area contributed by atoms with Crippen LogP contribution >= 0.6 is 11.6 Å². The smallest absolute Gasteiger partial charge is 0.136 e. The number of nitrogens with two attached hydrogens (primary N) is 1. The molecule has 0 saturated carbocycles. The molecule has 1 aliphatic rings. The first-order chi connectivity index (χ1) is 20.7. The van der Waals surface area contributed by atoms with Crippen LogP contribution in [0.2, 0.25) is 5.02 Å². The minimum Gasteiger partial charge on any atom is -0.516 e. The molecule has 5 rings (SSSR count). The minimum atomic E-state index is -0.831. The highest BCUT2D eigenvalue weighted by Crippen LogP contribution is 2.26. The van der Waals surface area contributed by atoms with Crippen molar-refractivity contribution in [1.82, 2.24) is 24.8 Å². The first-order valence-electron chi connectivity index (χ1n) is 14.7. The van der Waals surface area contributed by atoms with Crippen molar-refractivity contribution in [3.05, 3.63) is 75.5 Å². The molecular formula is C33H41ClN6O3. The number of piperidine rings is 1. The summed E-state index contributed by atoms with van der Waals surface area (Å²) in [6.45, 7) is 13.5. The van der Waals surface area contributed by atoms with Crippen LogP contribution in [0.25, 0.3) is 40.5 Å². The molecule has 9 nitrogen and oxygen atoms in total. The summed E-state index contributed by atoms with van der Waals surface area (Å²) in [5.41, 5.74) is 9.99. The van der Waals surface area contributed by atoms with Crippen molar-refractivity contribution in [2.24, 2.45) is 5.73 Å². The predicted octanol–water partition coefficient (Wildman–Crippen LogP) is 3.73. The third-order valence-corrected chi connectivity index (χ3v) is 8.47. The average molecular weight is 605 g/mol. The Morgan fingerprint density at radius 2 is 1.95 bits per heavy atom. The zero-order valence-corrected chi connectivity index (χ0v) is 25.6. The van der Waals surface area contributed by atoms with Crippen LogP contribution in [0.5, 0.6) is 5.75 Å². The molecule has 2 aromatic heterocycles. The average Bonchev–Trinajstić information content (AvgIpc) is 3.51. The summed E-state index contributed by atoms with van der Waals surface area (Å²) in [7, 11) is 2.16. The number of nitrogens with one attached hydrogen (secondary N) is 2. The molecule has 0 bridgehead atoms. The first-order valence-corrected chi connectivity index (χ1v) is 15.0. The van der Waals surface area contributed by atoms with Crippen LogP contribution in [-0.4, -0.2) is 75.6 Å². The van der Waals surface area contributed by atoms with Gasteiger partial charge in [-0.3, -0.25) is 0 Å². The molecule has 0 amide bonds. The molecule has 1 unspecified atom stereocenters. The number of hydrogen-bond donors (Lipinski definition) is 5. The molecule has 1 aliphatic heterocycles. The van der Waals surface area contributed by atoms with E-state index >= 15 is 0 Å². The molecule has 2 aromatic carbocycles. The number of imidazole rings is 1. The summed E-state index contributed by atoms with van der Waals surface area (Å²) >= 11 is 6.08. The summed E-state index contributed by atoms with van der Waals surface area (Å²) < 4.78 is 8.09. The van der Waals surface area contributed by atoms with Crippen molar-refractivity contribution in [3.8, 4) is 5.75 Å². The number of rotatable bonds is 11. The number of allylic oxidation sites excluding steroid dienone is 1. The van der Waals surface area contributed by atoms with Gasteiger partial charge in [-0.2, -0.15) is 0 Å². The van der Waals surface area contributed by atoms with E-state index in [2.05, 4.69) is 52.1 Å². The maximum atomic E-state index is 10.7. The fourth-order valence-electron chi connectivity index (χ4n) is 5.86. The second-order valence-corrected chi connectivity index (χ2v) is 11.7.